The number of anilines is 1. The first-order valence-corrected chi connectivity index (χ1v) is 10.2. The maximum absolute atomic E-state index is 13.1. The van der Waals surface area contributed by atoms with Gasteiger partial charge in [0.1, 0.15) is 22.9 Å². The second-order valence-electron chi connectivity index (χ2n) is 7.62. The summed E-state index contributed by atoms with van der Waals surface area (Å²) in [7, 11) is 1.60. The SMILES string of the molecule is COc1ccc2oc(C)c(C(=O)Nc3cccc(-c4cn5c(n4)CCCC5)c3)c2c1. The van der Waals surface area contributed by atoms with Crippen LogP contribution < -0.4 is 10.1 Å². The van der Waals surface area contributed by atoms with Crippen LogP contribution in [0, 0.1) is 6.92 Å². The second kappa shape index (κ2) is 7.37. The number of benzene rings is 2. The molecule has 2 aromatic carbocycles. The van der Waals surface area contributed by atoms with E-state index in [0.717, 1.165) is 41.1 Å². The molecule has 152 valence electrons. The maximum atomic E-state index is 13.1. The first-order valence-electron chi connectivity index (χ1n) is 10.2. The van der Waals surface area contributed by atoms with Crippen molar-refractivity contribution in [3.8, 4) is 17.0 Å². The van der Waals surface area contributed by atoms with E-state index in [1.807, 2.05) is 42.5 Å². The predicted octanol–water partition coefficient (Wildman–Crippen LogP) is 5.20. The number of imidazole rings is 1. The van der Waals surface area contributed by atoms with E-state index in [0.29, 0.717) is 22.7 Å². The summed E-state index contributed by atoms with van der Waals surface area (Å²) >= 11 is 0. The zero-order chi connectivity index (χ0) is 20.7. The molecule has 30 heavy (non-hydrogen) atoms. The van der Waals surface area contributed by atoms with Crippen LogP contribution in [0.2, 0.25) is 0 Å². The second-order valence-corrected chi connectivity index (χ2v) is 7.62. The smallest absolute Gasteiger partial charge is 0.259 e. The van der Waals surface area contributed by atoms with Crippen LogP contribution in [-0.4, -0.2) is 22.6 Å². The molecule has 1 N–H and O–H groups in total. The van der Waals surface area contributed by atoms with Crippen molar-refractivity contribution in [1.82, 2.24) is 9.55 Å². The zero-order valence-corrected chi connectivity index (χ0v) is 17.1. The van der Waals surface area contributed by atoms with Gasteiger partial charge >= 0.3 is 0 Å². The number of nitrogens with one attached hydrogen (secondary N) is 1. The summed E-state index contributed by atoms with van der Waals surface area (Å²) in [5.74, 6) is 2.19. The molecule has 1 amide bonds. The number of furan rings is 1. The lowest BCUT2D eigenvalue weighted by Crippen LogP contribution is -2.12. The van der Waals surface area contributed by atoms with Crippen LogP contribution in [0.3, 0.4) is 0 Å². The van der Waals surface area contributed by atoms with Crippen molar-refractivity contribution in [2.75, 3.05) is 12.4 Å². The Kier molecular flexibility index (Phi) is 4.54. The maximum Gasteiger partial charge on any atom is 0.259 e. The Balaban J connectivity index is 1.45. The van der Waals surface area contributed by atoms with E-state index in [4.69, 9.17) is 14.1 Å². The van der Waals surface area contributed by atoms with E-state index in [9.17, 15) is 4.79 Å². The lowest BCUT2D eigenvalue weighted by Gasteiger charge is -2.11. The fourth-order valence-corrected chi connectivity index (χ4v) is 4.11. The average molecular weight is 401 g/mol. The van der Waals surface area contributed by atoms with Gasteiger partial charge in [-0.2, -0.15) is 0 Å². The number of hydrogen-bond donors (Lipinski definition) is 1. The molecule has 1 aliphatic rings. The largest absolute Gasteiger partial charge is 0.497 e. The van der Waals surface area contributed by atoms with E-state index in [1.54, 1.807) is 14.0 Å². The number of amides is 1. The molecule has 0 bridgehead atoms. The van der Waals surface area contributed by atoms with Crippen LogP contribution in [0.15, 0.2) is 53.1 Å². The standard InChI is InChI=1S/C24H23N3O3/c1-15-23(19-13-18(29-2)9-10-21(19)30-15)24(28)25-17-7-5-6-16(12-17)20-14-27-11-4-3-8-22(27)26-20/h5-7,9-10,12-14H,3-4,8,11H2,1-2H3,(H,25,28). The monoisotopic (exact) mass is 401 g/mol. The quantitative estimate of drug-likeness (QED) is 0.510. The Bertz CT molecular complexity index is 1230. The van der Waals surface area contributed by atoms with Gasteiger partial charge in [-0.05, 0) is 50.1 Å². The number of carbonyl (C=O) groups is 1. The van der Waals surface area contributed by atoms with Gasteiger partial charge in [-0.15, -0.1) is 0 Å². The number of nitrogens with zero attached hydrogens (tertiary/aromatic N) is 2. The molecule has 6 nitrogen and oxygen atoms in total. The summed E-state index contributed by atoms with van der Waals surface area (Å²) in [6.45, 7) is 2.82. The molecule has 0 fully saturated rings. The molecular weight excluding hydrogens is 378 g/mol. The lowest BCUT2D eigenvalue weighted by atomic mass is 10.1. The van der Waals surface area contributed by atoms with Crippen LogP contribution in [-0.2, 0) is 13.0 Å². The predicted molar refractivity (Wildman–Crippen MR) is 116 cm³/mol. The Morgan fingerprint density at radius 1 is 1.20 bits per heavy atom. The number of methoxy groups -OCH3 is 1. The third-order valence-corrected chi connectivity index (χ3v) is 5.62. The minimum Gasteiger partial charge on any atom is -0.497 e. The summed E-state index contributed by atoms with van der Waals surface area (Å²) in [5.41, 5.74) is 3.84. The average Bonchev–Trinajstić information content (AvgIpc) is 3.33. The van der Waals surface area contributed by atoms with Gasteiger partial charge in [0.05, 0.1) is 18.4 Å². The van der Waals surface area contributed by atoms with Crippen molar-refractivity contribution in [2.24, 2.45) is 0 Å². The molecule has 0 unspecified atom stereocenters. The van der Waals surface area contributed by atoms with Crippen LogP contribution in [0.4, 0.5) is 5.69 Å². The molecule has 0 aliphatic carbocycles. The number of fused-ring (bicyclic) bond motifs is 2. The lowest BCUT2D eigenvalue weighted by molar-refractivity contribution is 0.102. The Labute approximate surface area is 174 Å². The van der Waals surface area contributed by atoms with Gasteiger partial charge in [0.2, 0.25) is 0 Å². The number of aryl methyl sites for hydroxylation is 3. The van der Waals surface area contributed by atoms with E-state index >= 15 is 0 Å². The molecule has 0 radical (unpaired) electrons. The highest BCUT2D eigenvalue weighted by molar-refractivity contribution is 6.13. The summed E-state index contributed by atoms with van der Waals surface area (Å²) in [5, 5.41) is 3.75. The molecule has 4 aromatic rings. The molecule has 0 atom stereocenters. The van der Waals surface area contributed by atoms with Crippen molar-refractivity contribution in [1.29, 1.82) is 0 Å². The molecule has 5 rings (SSSR count). The van der Waals surface area contributed by atoms with Crippen LogP contribution in [0.1, 0.15) is 34.8 Å². The third-order valence-electron chi connectivity index (χ3n) is 5.62. The fraction of sp³-hybridized carbons (Fsp3) is 0.250. The van der Waals surface area contributed by atoms with Crippen LogP contribution >= 0.6 is 0 Å². The summed E-state index contributed by atoms with van der Waals surface area (Å²) in [6.07, 6.45) is 5.51. The summed E-state index contributed by atoms with van der Waals surface area (Å²) in [4.78, 5) is 17.9. The zero-order valence-electron chi connectivity index (χ0n) is 17.1. The highest BCUT2D eigenvalue weighted by Gasteiger charge is 2.19. The van der Waals surface area contributed by atoms with Gasteiger partial charge in [0.15, 0.2) is 0 Å². The van der Waals surface area contributed by atoms with Gasteiger partial charge < -0.3 is 19.0 Å². The fourth-order valence-electron chi connectivity index (χ4n) is 4.11. The number of carbonyl (C=O) groups excluding carboxylic acids is 1. The Morgan fingerprint density at radius 2 is 2.10 bits per heavy atom. The normalized spacial score (nSPS) is 13.3. The number of hydrogen-bond acceptors (Lipinski definition) is 4. The van der Waals surface area contributed by atoms with E-state index in [-0.39, 0.29) is 5.91 Å². The minimum atomic E-state index is -0.208. The van der Waals surface area contributed by atoms with Crippen LogP contribution in [0.5, 0.6) is 5.75 Å². The number of aromatic nitrogens is 2. The van der Waals surface area contributed by atoms with Crippen molar-refractivity contribution in [3.05, 3.63) is 65.8 Å². The Hall–Kier alpha value is -3.54. The molecule has 2 aromatic heterocycles. The number of rotatable bonds is 4. The molecular formula is C24H23N3O3. The highest BCUT2D eigenvalue weighted by atomic mass is 16.5. The van der Waals surface area contributed by atoms with Gasteiger partial charge in [-0.3, -0.25) is 4.79 Å². The van der Waals surface area contributed by atoms with Crippen molar-refractivity contribution in [3.63, 3.8) is 0 Å². The van der Waals surface area contributed by atoms with Gasteiger partial charge in [-0.25, -0.2) is 4.98 Å². The van der Waals surface area contributed by atoms with Crippen molar-refractivity contribution in [2.45, 2.75) is 32.7 Å². The van der Waals surface area contributed by atoms with E-state index in [1.165, 1.54) is 12.8 Å². The first kappa shape index (κ1) is 18.5. The first-order chi connectivity index (χ1) is 14.6. The van der Waals surface area contributed by atoms with E-state index in [2.05, 4.69) is 16.1 Å². The van der Waals surface area contributed by atoms with Crippen LogP contribution in [0.25, 0.3) is 22.2 Å². The van der Waals surface area contributed by atoms with E-state index < -0.39 is 0 Å². The van der Waals surface area contributed by atoms with Gasteiger partial charge in [-0.1, -0.05) is 12.1 Å². The topological polar surface area (TPSA) is 69.3 Å². The molecule has 0 spiro atoms. The summed E-state index contributed by atoms with van der Waals surface area (Å²) in [6, 6.07) is 13.3. The molecule has 0 saturated heterocycles. The van der Waals surface area contributed by atoms with Crippen molar-refractivity contribution < 1.29 is 13.9 Å². The van der Waals surface area contributed by atoms with Crippen molar-refractivity contribution >= 4 is 22.6 Å². The Morgan fingerprint density at radius 3 is 2.93 bits per heavy atom. The number of ether oxygens (including phenoxy) is 1. The molecule has 6 heteroatoms. The highest BCUT2D eigenvalue weighted by Crippen LogP contribution is 2.30. The van der Waals surface area contributed by atoms with Gasteiger partial charge in [0.25, 0.3) is 5.91 Å². The molecule has 3 heterocycles. The molecule has 0 saturated carbocycles. The minimum absolute atomic E-state index is 0.208. The third kappa shape index (κ3) is 3.24. The van der Waals surface area contributed by atoms with Gasteiger partial charge in [0, 0.05) is 35.8 Å². The summed E-state index contributed by atoms with van der Waals surface area (Å²) < 4.78 is 13.3. The molecule has 1 aliphatic heterocycles.